The van der Waals surface area contributed by atoms with Gasteiger partial charge in [-0.2, -0.15) is 0 Å². The second-order valence-corrected chi connectivity index (χ2v) is 11.2. The molecule has 2 heterocycles. The van der Waals surface area contributed by atoms with Crippen molar-refractivity contribution in [2.45, 2.75) is 12.8 Å². The zero-order chi connectivity index (χ0) is 26.5. The molecule has 188 valence electrons. The summed E-state index contributed by atoms with van der Waals surface area (Å²) in [5.74, 6) is 0. The number of fused-ring (bicyclic) bond motifs is 4. The van der Waals surface area contributed by atoms with E-state index in [1.807, 2.05) is 29.5 Å². The Morgan fingerprint density at radius 1 is 0.625 bits per heavy atom. The fraction of sp³-hybridized carbons (Fsp3) is 0.0526. The van der Waals surface area contributed by atoms with Crippen LogP contribution in [0, 0.1) is 12.1 Å². The van der Waals surface area contributed by atoms with Crippen molar-refractivity contribution in [1.82, 2.24) is 0 Å². The summed E-state index contributed by atoms with van der Waals surface area (Å²) in [6.07, 6.45) is 6.75. The zero-order valence-electron chi connectivity index (χ0n) is 21.8. The Labute approximate surface area is 237 Å². The van der Waals surface area contributed by atoms with Crippen molar-refractivity contribution in [2.24, 2.45) is 0 Å². The Bertz CT molecular complexity index is 2050. The van der Waals surface area contributed by atoms with Gasteiger partial charge in [0.15, 0.2) is 0 Å². The number of hydrogen-bond acceptors (Lipinski definition) is 2. The van der Waals surface area contributed by atoms with E-state index in [0.29, 0.717) is 0 Å². The summed E-state index contributed by atoms with van der Waals surface area (Å²) in [5.41, 5.74) is 11.7. The molecule has 0 saturated heterocycles. The molecule has 7 aromatic rings. The number of rotatable bonds is 4. The van der Waals surface area contributed by atoms with Crippen LogP contribution in [0.15, 0.2) is 120 Å². The van der Waals surface area contributed by atoms with Crippen LogP contribution in [0.1, 0.15) is 17.5 Å². The molecule has 0 fully saturated rings. The van der Waals surface area contributed by atoms with Gasteiger partial charge < -0.3 is 4.42 Å². The Balaban J connectivity index is 1.32. The number of thiophene rings is 1. The third-order valence-corrected chi connectivity index (χ3v) is 9.15. The molecule has 2 aromatic heterocycles. The molecule has 0 amide bonds. The molecular weight excluding hydrogens is 504 g/mol. The van der Waals surface area contributed by atoms with Crippen LogP contribution >= 0.6 is 11.3 Å². The van der Waals surface area contributed by atoms with E-state index in [2.05, 4.69) is 115 Å². The van der Waals surface area contributed by atoms with E-state index < -0.39 is 0 Å². The number of hydrogen-bond donors (Lipinski definition) is 0. The molecular formula is C38H24OS. The summed E-state index contributed by atoms with van der Waals surface area (Å²) in [5, 5.41) is 2.06. The second-order valence-electron chi connectivity index (χ2n) is 10.2. The van der Waals surface area contributed by atoms with Crippen molar-refractivity contribution in [2.75, 3.05) is 0 Å². The molecule has 0 atom stereocenters. The molecule has 0 N–H and O–H groups in total. The highest BCUT2D eigenvalue weighted by atomic mass is 32.1. The third-order valence-electron chi connectivity index (χ3n) is 7.83. The number of allylic oxidation sites excluding steroid dienone is 1. The molecule has 1 aliphatic rings. The zero-order valence-corrected chi connectivity index (χ0v) is 22.6. The van der Waals surface area contributed by atoms with Crippen LogP contribution in [0.2, 0.25) is 0 Å². The fourth-order valence-corrected chi connectivity index (χ4v) is 7.37. The average Bonchev–Trinajstić information content (AvgIpc) is 3.60. The molecule has 40 heavy (non-hydrogen) atoms. The summed E-state index contributed by atoms with van der Waals surface area (Å²) in [7, 11) is 0. The highest BCUT2D eigenvalue weighted by Gasteiger charge is 2.24. The Kier molecular flexibility index (Phi) is 5.43. The molecule has 8 rings (SSSR count). The van der Waals surface area contributed by atoms with E-state index in [9.17, 15) is 0 Å². The molecule has 0 spiro atoms. The molecule has 0 aliphatic heterocycles. The summed E-state index contributed by atoms with van der Waals surface area (Å²) < 4.78 is 6.21. The van der Waals surface area contributed by atoms with Crippen LogP contribution < -0.4 is 0 Å². The van der Waals surface area contributed by atoms with Crippen LogP contribution in [0.4, 0.5) is 0 Å². The number of furan rings is 1. The number of para-hydroxylation sites is 1. The van der Waals surface area contributed by atoms with Crippen molar-refractivity contribution < 1.29 is 4.42 Å². The van der Waals surface area contributed by atoms with Crippen LogP contribution in [-0.2, 0) is 6.42 Å². The minimum Gasteiger partial charge on any atom is -0.455 e. The molecule has 0 bridgehead atoms. The lowest BCUT2D eigenvalue weighted by Gasteiger charge is -2.13. The van der Waals surface area contributed by atoms with Crippen LogP contribution in [0.3, 0.4) is 0 Å². The predicted octanol–water partition coefficient (Wildman–Crippen LogP) is 10.9. The van der Waals surface area contributed by atoms with Crippen molar-refractivity contribution in [1.29, 1.82) is 0 Å². The summed E-state index contributed by atoms with van der Waals surface area (Å²) in [6.45, 7) is 0. The Hall–Kier alpha value is -4.84. The standard InChI is InChI=1S/C38H24OS/c1-2-12-25(13-3-1)27-14-4-6-17-31(27)37-33-19-8-9-20-34(33)38(40-37)32-18-7-5-15-28(32)26-22-23-30-29-16-10-11-21-35(29)39-36(30)24-26/h1-8,10-19,21,24H,9,20H2. The first-order chi connectivity index (χ1) is 19.8. The van der Waals surface area contributed by atoms with Crippen LogP contribution in [0.5, 0.6) is 0 Å². The maximum absolute atomic E-state index is 6.21. The lowest BCUT2D eigenvalue weighted by atomic mass is 9.90. The van der Waals surface area contributed by atoms with Crippen molar-refractivity contribution >= 4 is 39.4 Å². The van der Waals surface area contributed by atoms with Crippen LogP contribution in [0.25, 0.3) is 71.1 Å². The Morgan fingerprint density at radius 3 is 2.17 bits per heavy atom. The van der Waals surface area contributed by atoms with Gasteiger partial charge in [-0.3, -0.25) is 0 Å². The lowest BCUT2D eigenvalue weighted by molar-refractivity contribution is 0.669. The summed E-state index contributed by atoms with van der Waals surface area (Å²) >= 11 is 1.91. The van der Waals surface area contributed by atoms with E-state index in [1.165, 1.54) is 43.1 Å². The second kappa shape index (κ2) is 9.42. The van der Waals surface area contributed by atoms with Gasteiger partial charge in [-0.05, 0) is 58.9 Å². The topological polar surface area (TPSA) is 13.1 Å². The molecule has 5 aromatic carbocycles. The normalized spacial score (nSPS) is 12.5. The average molecular weight is 529 g/mol. The first-order valence-electron chi connectivity index (χ1n) is 13.7. The molecule has 0 saturated carbocycles. The maximum Gasteiger partial charge on any atom is 0.145 e. The minimum absolute atomic E-state index is 0.846. The monoisotopic (exact) mass is 528 g/mol. The fourth-order valence-electron chi connectivity index (χ4n) is 5.95. The van der Waals surface area contributed by atoms with Gasteiger partial charge in [-0.1, -0.05) is 115 Å². The van der Waals surface area contributed by atoms with Crippen LogP contribution in [-0.4, -0.2) is 0 Å². The molecule has 1 nitrogen and oxygen atoms in total. The van der Waals surface area contributed by atoms with E-state index in [4.69, 9.17) is 4.42 Å². The first-order valence-corrected chi connectivity index (χ1v) is 14.5. The minimum atomic E-state index is 0.846. The highest BCUT2D eigenvalue weighted by Crippen LogP contribution is 2.49. The molecule has 0 unspecified atom stereocenters. The van der Waals surface area contributed by atoms with Crippen molar-refractivity contribution in [3.05, 3.63) is 139 Å². The van der Waals surface area contributed by atoms with Gasteiger partial charge >= 0.3 is 0 Å². The predicted molar refractivity (Wildman–Crippen MR) is 168 cm³/mol. The van der Waals surface area contributed by atoms with Gasteiger partial charge in [0.2, 0.25) is 0 Å². The molecule has 0 radical (unpaired) electrons. The third kappa shape index (κ3) is 3.71. The van der Waals surface area contributed by atoms with Gasteiger partial charge in [0.1, 0.15) is 11.2 Å². The lowest BCUT2D eigenvalue weighted by Crippen LogP contribution is -1.94. The van der Waals surface area contributed by atoms with E-state index in [1.54, 1.807) is 0 Å². The smallest absolute Gasteiger partial charge is 0.145 e. The summed E-state index contributed by atoms with van der Waals surface area (Å²) in [4.78, 5) is 2.67. The van der Waals surface area contributed by atoms with Crippen molar-refractivity contribution in [3.8, 4) is 43.1 Å². The van der Waals surface area contributed by atoms with Gasteiger partial charge in [0, 0.05) is 31.8 Å². The first kappa shape index (κ1) is 23.1. The molecule has 2 heteroatoms. The SMILES string of the molecule is c1c(-c2ccccc2-c2sc(-c3ccccc3-c3ccccc3)c3c2CCC=C3)cc2oc3ccccc3c2c#1. The van der Waals surface area contributed by atoms with Gasteiger partial charge in [0.25, 0.3) is 0 Å². The van der Waals surface area contributed by atoms with Crippen molar-refractivity contribution in [3.63, 3.8) is 0 Å². The number of benzene rings is 4. The van der Waals surface area contributed by atoms with Gasteiger partial charge in [-0.15, -0.1) is 11.3 Å². The highest BCUT2D eigenvalue weighted by molar-refractivity contribution is 7.19. The van der Waals surface area contributed by atoms with E-state index in [-0.39, 0.29) is 0 Å². The van der Waals surface area contributed by atoms with Gasteiger partial charge in [0.05, 0.1) is 5.39 Å². The Morgan fingerprint density at radius 2 is 1.32 bits per heavy atom. The maximum atomic E-state index is 6.21. The van der Waals surface area contributed by atoms with E-state index in [0.717, 1.165) is 45.9 Å². The largest absolute Gasteiger partial charge is 0.455 e. The quantitative estimate of drug-likeness (QED) is 0.221. The molecule has 1 aliphatic carbocycles. The van der Waals surface area contributed by atoms with E-state index >= 15 is 0 Å². The van der Waals surface area contributed by atoms with Gasteiger partial charge in [-0.25, -0.2) is 0 Å². The summed E-state index contributed by atoms with van der Waals surface area (Å²) in [6, 6.07) is 45.4.